The van der Waals surface area contributed by atoms with E-state index in [1.54, 1.807) is 31.0 Å². The fourth-order valence-electron chi connectivity index (χ4n) is 6.16. The van der Waals surface area contributed by atoms with Gasteiger partial charge in [0, 0.05) is 62.8 Å². The molecular weight excluding hydrogens is 516 g/mol. The first kappa shape index (κ1) is 29.6. The molecule has 3 aromatic rings. The fraction of sp³-hybridized carbons (Fsp3) is 0.516. The van der Waals surface area contributed by atoms with Crippen molar-refractivity contribution < 1.29 is 4.74 Å². The maximum atomic E-state index is 13.0. The van der Waals surface area contributed by atoms with Crippen molar-refractivity contribution in [3.05, 3.63) is 46.4 Å². The summed E-state index contributed by atoms with van der Waals surface area (Å²) in [5.41, 5.74) is 8.24. The second-order valence-electron chi connectivity index (χ2n) is 11.8. The summed E-state index contributed by atoms with van der Waals surface area (Å²) in [6, 6.07) is 7.75. The maximum absolute atomic E-state index is 13.0. The Hall–Kier alpha value is -3.35. The SMILES string of the molecule is COc1cc(N2CCN(C)CC2)ccc1Nc1ncc2c(C#C[Si](C(C)C)(C(C)C)C(C)C)cc(=O)n(C)c2n1. The van der Waals surface area contributed by atoms with Gasteiger partial charge < -0.3 is 19.9 Å². The molecule has 0 saturated carbocycles. The molecule has 0 atom stereocenters. The Bertz CT molecular complexity index is 1460. The van der Waals surface area contributed by atoms with Crippen LogP contribution in [0, 0.1) is 11.5 Å². The molecule has 0 unspecified atom stereocenters. The van der Waals surface area contributed by atoms with Crippen molar-refractivity contribution in [1.82, 2.24) is 19.4 Å². The summed E-state index contributed by atoms with van der Waals surface area (Å²) >= 11 is 0. The lowest BCUT2D eigenvalue weighted by molar-refractivity contribution is 0.312. The molecule has 8 nitrogen and oxygen atoms in total. The zero-order valence-electron chi connectivity index (χ0n) is 25.5. The number of nitrogens with one attached hydrogen (secondary N) is 1. The number of piperazine rings is 1. The topological polar surface area (TPSA) is 75.5 Å². The number of fused-ring (bicyclic) bond motifs is 1. The molecule has 214 valence electrons. The summed E-state index contributed by atoms with van der Waals surface area (Å²) in [5, 5.41) is 4.08. The first-order chi connectivity index (χ1) is 19.0. The van der Waals surface area contributed by atoms with Gasteiger partial charge in [-0.3, -0.25) is 9.36 Å². The zero-order valence-corrected chi connectivity index (χ0v) is 26.5. The van der Waals surface area contributed by atoms with E-state index in [2.05, 4.69) is 86.2 Å². The smallest absolute Gasteiger partial charge is 0.253 e. The molecule has 40 heavy (non-hydrogen) atoms. The number of pyridine rings is 1. The Balaban J connectivity index is 1.70. The predicted molar refractivity (Wildman–Crippen MR) is 169 cm³/mol. The molecule has 9 heteroatoms. The molecule has 1 N–H and O–H groups in total. The molecule has 0 spiro atoms. The molecule has 0 bridgehead atoms. The minimum absolute atomic E-state index is 0.138. The monoisotopic (exact) mass is 560 g/mol. The number of aromatic nitrogens is 3. The molecular formula is C31H44N6O2Si. The van der Waals surface area contributed by atoms with Crippen LogP contribution in [-0.4, -0.2) is 67.8 Å². The van der Waals surface area contributed by atoms with Gasteiger partial charge in [0.15, 0.2) is 0 Å². The summed E-state index contributed by atoms with van der Waals surface area (Å²) in [4.78, 5) is 27.0. The number of methoxy groups -OCH3 is 1. The summed E-state index contributed by atoms with van der Waals surface area (Å²) in [5.74, 6) is 4.55. The van der Waals surface area contributed by atoms with Gasteiger partial charge in [0.05, 0.1) is 18.2 Å². The second-order valence-corrected chi connectivity index (χ2v) is 17.4. The molecule has 3 heterocycles. The van der Waals surface area contributed by atoms with Crippen molar-refractivity contribution in [1.29, 1.82) is 0 Å². The van der Waals surface area contributed by atoms with Gasteiger partial charge in [0.2, 0.25) is 5.95 Å². The third-order valence-corrected chi connectivity index (χ3v) is 14.8. The lowest BCUT2D eigenvalue weighted by Crippen LogP contribution is -2.44. The van der Waals surface area contributed by atoms with Gasteiger partial charge in [-0.2, -0.15) is 4.98 Å². The van der Waals surface area contributed by atoms with Crippen LogP contribution in [-0.2, 0) is 7.05 Å². The van der Waals surface area contributed by atoms with E-state index in [0.717, 1.165) is 42.9 Å². The molecule has 0 amide bonds. The summed E-state index contributed by atoms with van der Waals surface area (Å²) in [7, 11) is 3.59. The van der Waals surface area contributed by atoms with Crippen LogP contribution in [0.1, 0.15) is 47.1 Å². The van der Waals surface area contributed by atoms with E-state index in [1.807, 2.05) is 12.1 Å². The van der Waals surface area contributed by atoms with Gasteiger partial charge in [0.25, 0.3) is 5.56 Å². The first-order valence-electron chi connectivity index (χ1n) is 14.3. The van der Waals surface area contributed by atoms with Gasteiger partial charge in [0.1, 0.15) is 19.5 Å². The van der Waals surface area contributed by atoms with E-state index in [-0.39, 0.29) is 5.56 Å². The molecule has 0 radical (unpaired) electrons. The van der Waals surface area contributed by atoms with E-state index in [9.17, 15) is 4.79 Å². The molecule has 2 aromatic heterocycles. The fourth-order valence-corrected chi connectivity index (χ4v) is 11.4. The number of aryl methyl sites for hydroxylation is 1. The third-order valence-electron chi connectivity index (χ3n) is 8.55. The zero-order chi connectivity index (χ0) is 29.2. The quantitative estimate of drug-likeness (QED) is 0.306. The lowest BCUT2D eigenvalue weighted by Gasteiger charge is -2.38. The number of anilines is 3. The number of hydrogen-bond donors (Lipinski definition) is 1. The standard InChI is InChI=1S/C31H44N6O2Si/c1-21(2)40(22(3)4,23(5)6)17-12-24-18-29(38)36(8)30-26(24)20-32-31(34-30)33-27-11-10-25(19-28(27)39-9)37-15-13-35(7)14-16-37/h10-11,18-23H,13-16H2,1-9H3,(H,32,33,34). The van der Waals surface area contributed by atoms with Crippen LogP contribution in [0.4, 0.5) is 17.3 Å². The van der Waals surface area contributed by atoms with Crippen LogP contribution in [0.2, 0.25) is 16.6 Å². The number of hydrogen-bond acceptors (Lipinski definition) is 7. The van der Waals surface area contributed by atoms with Crippen LogP contribution < -0.4 is 20.5 Å². The highest BCUT2D eigenvalue weighted by Crippen LogP contribution is 2.41. The number of ether oxygens (including phenoxy) is 1. The van der Waals surface area contributed by atoms with Gasteiger partial charge >= 0.3 is 0 Å². The van der Waals surface area contributed by atoms with E-state index in [4.69, 9.17) is 9.72 Å². The van der Waals surface area contributed by atoms with Crippen LogP contribution in [0.15, 0.2) is 35.3 Å². The lowest BCUT2D eigenvalue weighted by atomic mass is 10.2. The maximum Gasteiger partial charge on any atom is 0.253 e. The molecule has 1 aliphatic heterocycles. The Morgan fingerprint density at radius 3 is 2.23 bits per heavy atom. The van der Waals surface area contributed by atoms with Crippen LogP contribution in [0.3, 0.4) is 0 Å². The van der Waals surface area contributed by atoms with Crippen molar-refractivity contribution in [3.63, 3.8) is 0 Å². The van der Waals surface area contributed by atoms with Crippen molar-refractivity contribution >= 4 is 36.4 Å². The Morgan fingerprint density at radius 2 is 1.62 bits per heavy atom. The van der Waals surface area contributed by atoms with Gasteiger partial charge in [-0.05, 0) is 35.8 Å². The van der Waals surface area contributed by atoms with Gasteiger partial charge in [-0.25, -0.2) is 4.98 Å². The average Bonchev–Trinajstić information content (AvgIpc) is 2.91. The van der Waals surface area contributed by atoms with Crippen molar-refractivity contribution in [3.8, 4) is 17.2 Å². The Labute approximate surface area is 239 Å². The number of rotatable bonds is 7. The molecule has 1 aromatic carbocycles. The van der Waals surface area contributed by atoms with Crippen molar-refractivity contribution in [2.75, 3.05) is 50.6 Å². The van der Waals surface area contributed by atoms with E-state index in [0.29, 0.717) is 39.5 Å². The summed E-state index contributed by atoms with van der Waals surface area (Å²) in [6.07, 6.45) is 1.77. The largest absolute Gasteiger partial charge is 0.494 e. The molecule has 1 saturated heterocycles. The third kappa shape index (κ3) is 5.74. The Morgan fingerprint density at radius 1 is 0.975 bits per heavy atom. The van der Waals surface area contributed by atoms with Gasteiger partial charge in [-0.15, -0.1) is 5.54 Å². The van der Waals surface area contributed by atoms with Crippen LogP contribution >= 0.6 is 0 Å². The molecule has 1 fully saturated rings. The van der Waals surface area contributed by atoms with Crippen LogP contribution in [0.25, 0.3) is 11.0 Å². The van der Waals surface area contributed by atoms with E-state index >= 15 is 0 Å². The summed E-state index contributed by atoms with van der Waals surface area (Å²) in [6.45, 7) is 17.8. The first-order valence-corrected chi connectivity index (χ1v) is 16.5. The van der Waals surface area contributed by atoms with Crippen molar-refractivity contribution in [2.24, 2.45) is 7.05 Å². The van der Waals surface area contributed by atoms with Gasteiger partial charge in [-0.1, -0.05) is 47.5 Å². The van der Waals surface area contributed by atoms with Crippen LogP contribution in [0.5, 0.6) is 5.75 Å². The Kier molecular flexibility index (Phi) is 8.91. The number of nitrogens with zero attached hydrogens (tertiary/aromatic N) is 5. The minimum atomic E-state index is -1.96. The highest BCUT2D eigenvalue weighted by atomic mass is 28.3. The normalized spacial score (nSPS) is 14.7. The average molecular weight is 561 g/mol. The minimum Gasteiger partial charge on any atom is -0.494 e. The highest BCUT2D eigenvalue weighted by molar-refractivity contribution is 6.90. The van der Waals surface area contributed by atoms with E-state index < -0.39 is 8.07 Å². The van der Waals surface area contributed by atoms with E-state index in [1.165, 1.54) is 0 Å². The highest BCUT2D eigenvalue weighted by Gasteiger charge is 2.41. The second kappa shape index (κ2) is 12.0. The molecule has 0 aliphatic carbocycles. The predicted octanol–water partition coefficient (Wildman–Crippen LogP) is 5.40. The van der Waals surface area contributed by atoms with Crippen molar-refractivity contribution in [2.45, 2.75) is 58.2 Å². The number of benzene rings is 1. The molecule has 1 aliphatic rings. The molecule has 4 rings (SSSR count). The number of likely N-dealkylation sites (N-methyl/N-ethyl adjacent to an activating group) is 1. The summed E-state index contributed by atoms with van der Waals surface area (Å²) < 4.78 is 7.27.